The molecule has 3 aliphatic rings. The lowest BCUT2D eigenvalue weighted by atomic mass is 9.56. The molecule has 1 nitrogen and oxygen atoms in total. The first-order chi connectivity index (χ1) is 8.70. The first-order valence-electron chi connectivity index (χ1n) is 7.19. The third-order valence-electron chi connectivity index (χ3n) is 5.15. The van der Waals surface area contributed by atoms with Crippen LogP contribution in [0.3, 0.4) is 0 Å². The second kappa shape index (κ2) is 3.57. The molecular weight excluding hydrogens is 225 g/mol. The summed E-state index contributed by atoms with van der Waals surface area (Å²) in [4.78, 5) is 0. The molecule has 0 atom stereocenters. The summed E-state index contributed by atoms with van der Waals surface area (Å²) < 4.78 is 13.1. The van der Waals surface area contributed by atoms with Crippen LogP contribution < -0.4 is 5.32 Å². The maximum Gasteiger partial charge on any atom is 0.123 e. The van der Waals surface area contributed by atoms with Gasteiger partial charge in [0, 0.05) is 18.0 Å². The summed E-state index contributed by atoms with van der Waals surface area (Å²) in [6.07, 6.45) is 8.13. The Morgan fingerprint density at radius 1 is 1.11 bits per heavy atom. The van der Waals surface area contributed by atoms with E-state index < -0.39 is 0 Å². The molecule has 0 saturated heterocycles. The van der Waals surface area contributed by atoms with Gasteiger partial charge in [0.1, 0.15) is 5.82 Å². The Balaban J connectivity index is 1.55. The molecule has 0 amide bonds. The molecule has 0 bridgehead atoms. The maximum absolute atomic E-state index is 13.1. The smallest absolute Gasteiger partial charge is 0.123 e. The minimum absolute atomic E-state index is 0.121. The molecular formula is C16H20FN. The summed E-state index contributed by atoms with van der Waals surface area (Å²) in [5.74, 6) is -0.121. The average molecular weight is 245 g/mol. The van der Waals surface area contributed by atoms with Gasteiger partial charge in [-0.3, -0.25) is 0 Å². The van der Waals surface area contributed by atoms with E-state index in [0.29, 0.717) is 10.8 Å². The van der Waals surface area contributed by atoms with Crippen molar-refractivity contribution >= 4 is 0 Å². The summed E-state index contributed by atoms with van der Waals surface area (Å²) in [6.45, 7) is 1.09. The minimum atomic E-state index is -0.121. The van der Waals surface area contributed by atoms with Crippen molar-refractivity contribution in [3.63, 3.8) is 0 Å². The molecule has 1 aromatic rings. The van der Waals surface area contributed by atoms with Crippen LogP contribution in [0.25, 0.3) is 0 Å². The van der Waals surface area contributed by atoms with E-state index in [2.05, 4.69) is 5.32 Å². The number of nitrogens with one attached hydrogen (secondary N) is 1. The van der Waals surface area contributed by atoms with Gasteiger partial charge in [0.05, 0.1) is 0 Å². The standard InChI is InChI=1S/C16H20FN/c17-13-3-1-12(2-4-13)16(11-18-14-5-6-14)9-15(10-16)7-8-15/h1-4,14,18H,5-11H2. The number of rotatable bonds is 4. The lowest BCUT2D eigenvalue weighted by Gasteiger charge is -2.49. The third kappa shape index (κ3) is 1.78. The molecule has 1 aromatic carbocycles. The molecule has 4 rings (SSSR count). The fourth-order valence-corrected chi connectivity index (χ4v) is 3.78. The van der Waals surface area contributed by atoms with Gasteiger partial charge < -0.3 is 5.32 Å². The fraction of sp³-hybridized carbons (Fsp3) is 0.625. The van der Waals surface area contributed by atoms with E-state index in [9.17, 15) is 4.39 Å². The predicted molar refractivity (Wildman–Crippen MR) is 70.0 cm³/mol. The van der Waals surface area contributed by atoms with Crippen LogP contribution in [0, 0.1) is 11.2 Å². The van der Waals surface area contributed by atoms with Gasteiger partial charge in [0.25, 0.3) is 0 Å². The molecule has 0 unspecified atom stereocenters. The van der Waals surface area contributed by atoms with E-state index in [4.69, 9.17) is 0 Å². The zero-order valence-electron chi connectivity index (χ0n) is 10.7. The molecule has 2 heteroatoms. The van der Waals surface area contributed by atoms with Crippen LogP contribution in [0.1, 0.15) is 44.1 Å². The van der Waals surface area contributed by atoms with Crippen molar-refractivity contribution in [2.24, 2.45) is 5.41 Å². The zero-order chi connectivity index (χ0) is 12.2. The highest BCUT2D eigenvalue weighted by Gasteiger charge is 2.61. The largest absolute Gasteiger partial charge is 0.313 e. The molecule has 96 valence electrons. The normalized spacial score (nSPS) is 26.9. The van der Waals surface area contributed by atoms with Gasteiger partial charge in [0.15, 0.2) is 0 Å². The van der Waals surface area contributed by atoms with Crippen LogP contribution in [0.4, 0.5) is 4.39 Å². The van der Waals surface area contributed by atoms with E-state index in [1.807, 2.05) is 12.1 Å². The second-order valence-electron chi connectivity index (χ2n) is 6.80. The number of benzene rings is 1. The van der Waals surface area contributed by atoms with E-state index in [-0.39, 0.29) is 5.82 Å². The van der Waals surface area contributed by atoms with Crippen molar-refractivity contribution < 1.29 is 4.39 Å². The molecule has 3 saturated carbocycles. The lowest BCUT2D eigenvalue weighted by molar-refractivity contribution is 0.115. The molecule has 0 heterocycles. The van der Waals surface area contributed by atoms with Crippen molar-refractivity contribution in [2.45, 2.75) is 50.0 Å². The first-order valence-corrected chi connectivity index (χ1v) is 7.19. The van der Waals surface area contributed by atoms with Crippen molar-refractivity contribution in [3.8, 4) is 0 Å². The van der Waals surface area contributed by atoms with Crippen molar-refractivity contribution in [3.05, 3.63) is 35.6 Å². The zero-order valence-corrected chi connectivity index (χ0v) is 10.7. The Morgan fingerprint density at radius 3 is 2.33 bits per heavy atom. The Labute approximate surface area is 108 Å². The van der Waals surface area contributed by atoms with E-state index >= 15 is 0 Å². The van der Waals surface area contributed by atoms with Crippen LogP contribution in [0.2, 0.25) is 0 Å². The fourth-order valence-electron chi connectivity index (χ4n) is 3.78. The Hall–Kier alpha value is -0.890. The van der Waals surface area contributed by atoms with Crippen LogP contribution in [0.15, 0.2) is 24.3 Å². The SMILES string of the molecule is Fc1ccc(C2(CNC3CC3)CC3(CC3)C2)cc1. The average Bonchev–Trinajstić information content (AvgIpc) is 3.20. The van der Waals surface area contributed by atoms with Crippen LogP contribution in [-0.4, -0.2) is 12.6 Å². The van der Waals surface area contributed by atoms with E-state index in [0.717, 1.165) is 12.6 Å². The Kier molecular flexibility index (Phi) is 2.18. The van der Waals surface area contributed by atoms with Gasteiger partial charge in [-0.25, -0.2) is 4.39 Å². The van der Waals surface area contributed by atoms with Crippen LogP contribution >= 0.6 is 0 Å². The van der Waals surface area contributed by atoms with Gasteiger partial charge in [-0.2, -0.15) is 0 Å². The highest BCUT2D eigenvalue weighted by molar-refractivity contribution is 5.34. The summed E-state index contributed by atoms with van der Waals surface area (Å²) in [5, 5.41) is 3.68. The molecule has 1 spiro atoms. The molecule has 3 aliphatic carbocycles. The Morgan fingerprint density at radius 2 is 1.78 bits per heavy atom. The third-order valence-corrected chi connectivity index (χ3v) is 5.15. The highest BCUT2D eigenvalue weighted by atomic mass is 19.1. The van der Waals surface area contributed by atoms with Gasteiger partial charge in [0.2, 0.25) is 0 Å². The number of hydrogen-bond acceptors (Lipinski definition) is 1. The topological polar surface area (TPSA) is 12.0 Å². The highest BCUT2D eigenvalue weighted by Crippen LogP contribution is 2.68. The van der Waals surface area contributed by atoms with Crippen molar-refractivity contribution in [2.75, 3.05) is 6.54 Å². The second-order valence-corrected chi connectivity index (χ2v) is 6.80. The lowest BCUT2D eigenvalue weighted by Crippen LogP contribution is -2.50. The van der Waals surface area contributed by atoms with Gasteiger partial charge in [-0.05, 0) is 61.6 Å². The molecule has 1 N–H and O–H groups in total. The van der Waals surface area contributed by atoms with E-state index in [1.165, 1.54) is 44.1 Å². The van der Waals surface area contributed by atoms with Gasteiger partial charge in [-0.1, -0.05) is 12.1 Å². The first kappa shape index (κ1) is 11.0. The molecule has 18 heavy (non-hydrogen) atoms. The van der Waals surface area contributed by atoms with Crippen molar-refractivity contribution in [1.29, 1.82) is 0 Å². The molecule has 0 aliphatic heterocycles. The number of hydrogen-bond donors (Lipinski definition) is 1. The van der Waals surface area contributed by atoms with Crippen LogP contribution in [0.5, 0.6) is 0 Å². The quantitative estimate of drug-likeness (QED) is 0.857. The van der Waals surface area contributed by atoms with Gasteiger partial charge >= 0.3 is 0 Å². The molecule has 0 radical (unpaired) electrons. The van der Waals surface area contributed by atoms with Gasteiger partial charge in [-0.15, -0.1) is 0 Å². The monoisotopic (exact) mass is 245 g/mol. The van der Waals surface area contributed by atoms with Crippen molar-refractivity contribution in [1.82, 2.24) is 5.32 Å². The summed E-state index contributed by atoms with van der Waals surface area (Å²) >= 11 is 0. The summed E-state index contributed by atoms with van der Waals surface area (Å²) in [5.41, 5.74) is 2.32. The maximum atomic E-state index is 13.1. The minimum Gasteiger partial charge on any atom is -0.313 e. The summed E-state index contributed by atoms with van der Waals surface area (Å²) in [7, 11) is 0. The molecule has 0 aromatic heterocycles. The summed E-state index contributed by atoms with van der Waals surface area (Å²) in [6, 6.07) is 7.99. The molecule has 3 fully saturated rings. The van der Waals surface area contributed by atoms with Crippen LogP contribution in [-0.2, 0) is 5.41 Å². The van der Waals surface area contributed by atoms with E-state index in [1.54, 1.807) is 12.1 Å². The predicted octanol–water partition coefficient (Wildman–Crippen LogP) is 3.39. The Bertz CT molecular complexity index is 448. The number of halogens is 1.